The van der Waals surface area contributed by atoms with Gasteiger partial charge in [-0.15, -0.1) is 0 Å². The Morgan fingerprint density at radius 2 is 2.00 bits per heavy atom. The fraction of sp³-hybridized carbons (Fsp3) is 0.800. The number of rotatable bonds is 5. The van der Waals surface area contributed by atoms with E-state index in [9.17, 15) is 9.59 Å². The van der Waals surface area contributed by atoms with Gasteiger partial charge >= 0.3 is 5.97 Å². The van der Waals surface area contributed by atoms with Gasteiger partial charge in [0.05, 0.1) is 0 Å². The zero-order valence-corrected chi connectivity index (χ0v) is 9.19. The number of carbonyl (C=O) groups excluding carboxylic acids is 1. The second-order valence-corrected chi connectivity index (χ2v) is 4.81. The predicted octanol–water partition coefficient (Wildman–Crippen LogP) is 0.189. The second kappa shape index (κ2) is 4.18. The van der Waals surface area contributed by atoms with Crippen molar-refractivity contribution in [2.45, 2.75) is 44.7 Å². The number of aliphatic carboxylic acids is 1. The quantitative estimate of drug-likeness (QED) is 0.684. The molecule has 0 aromatic rings. The van der Waals surface area contributed by atoms with Crippen LogP contribution in [-0.2, 0) is 9.59 Å². The first kappa shape index (κ1) is 12.0. The van der Waals surface area contributed by atoms with E-state index in [-0.39, 0.29) is 24.9 Å². The molecule has 0 aromatic heterocycles. The van der Waals surface area contributed by atoms with E-state index in [0.29, 0.717) is 0 Å². The third-order valence-corrected chi connectivity index (χ3v) is 2.22. The summed E-state index contributed by atoms with van der Waals surface area (Å²) in [5.74, 6) is -1.13. The molecule has 1 aliphatic rings. The Morgan fingerprint density at radius 1 is 1.47 bits per heavy atom. The van der Waals surface area contributed by atoms with Gasteiger partial charge in [0, 0.05) is 18.0 Å². The van der Waals surface area contributed by atoms with E-state index in [2.05, 4.69) is 0 Å². The topological polar surface area (TPSA) is 83.6 Å². The van der Waals surface area contributed by atoms with Gasteiger partial charge in [-0.1, -0.05) is 0 Å². The third-order valence-electron chi connectivity index (χ3n) is 2.22. The van der Waals surface area contributed by atoms with Crippen LogP contribution in [0.3, 0.4) is 0 Å². The molecule has 3 N–H and O–H groups in total. The molecule has 1 amide bonds. The normalized spacial score (nSPS) is 16.2. The monoisotopic (exact) mass is 214 g/mol. The number of hydrogen-bond donors (Lipinski definition) is 2. The van der Waals surface area contributed by atoms with Crippen LogP contribution >= 0.6 is 0 Å². The average molecular weight is 214 g/mol. The Balaban J connectivity index is 2.55. The number of amides is 1. The summed E-state index contributed by atoms with van der Waals surface area (Å²) in [5, 5.41) is 8.68. The van der Waals surface area contributed by atoms with Gasteiger partial charge in [-0.05, 0) is 26.7 Å². The van der Waals surface area contributed by atoms with Crippen LogP contribution in [0.5, 0.6) is 0 Å². The molecular formula is C10H18N2O3. The molecule has 1 fully saturated rings. The molecule has 1 aliphatic carbocycles. The van der Waals surface area contributed by atoms with Crippen LogP contribution in [0, 0.1) is 0 Å². The highest BCUT2D eigenvalue weighted by Gasteiger charge is 2.35. The van der Waals surface area contributed by atoms with Crippen molar-refractivity contribution in [3.63, 3.8) is 0 Å². The smallest absolute Gasteiger partial charge is 0.323 e. The van der Waals surface area contributed by atoms with Gasteiger partial charge < -0.3 is 15.7 Å². The van der Waals surface area contributed by atoms with Crippen LogP contribution in [0.1, 0.15) is 33.1 Å². The summed E-state index contributed by atoms with van der Waals surface area (Å²) >= 11 is 0. The van der Waals surface area contributed by atoms with Crippen molar-refractivity contribution in [1.82, 2.24) is 4.90 Å². The molecule has 0 aliphatic heterocycles. The van der Waals surface area contributed by atoms with Crippen molar-refractivity contribution >= 4 is 11.9 Å². The molecule has 0 aromatic carbocycles. The van der Waals surface area contributed by atoms with E-state index in [1.165, 1.54) is 4.90 Å². The Bertz CT molecular complexity index is 266. The number of carbonyl (C=O) groups is 2. The highest BCUT2D eigenvalue weighted by molar-refractivity contribution is 5.82. The minimum absolute atomic E-state index is 0.121. The molecule has 0 spiro atoms. The second-order valence-electron chi connectivity index (χ2n) is 4.81. The largest absolute Gasteiger partial charge is 0.480 e. The van der Waals surface area contributed by atoms with Crippen LogP contribution in [0.2, 0.25) is 0 Å². The zero-order chi connectivity index (χ0) is 11.6. The lowest BCUT2D eigenvalue weighted by atomic mass is 10.0. The molecule has 5 nitrogen and oxygen atoms in total. The van der Waals surface area contributed by atoms with Gasteiger partial charge in [0.2, 0.25) is 5.91 Å². The molecule has 86 valence electrons. The van der Waals surface area contributed by atoms with Gasteiger partial charge in [-0.2, -0.15) is 0 Å². The molecule has 0 atom stereocenters. The lowest BCUT2D eigenvalue weighted by Gasteiger charge is -2.25. The maximum Gasteiger partial charge on any atom is 0.323 e. The number of carboxylic acid groups (broad SMARTS) is 1. The molecular weight excluding hydrogens is 196 g/mol. The van der Waals surface area contributed by atoms with Gasteiger partial charge in [0.15, 0.2) is 0 Å². The summed E-state index contributed by atoms with van der Waals surface area (Å²) in [4.78, 5) is 23.8. The van der Waals surface area contributed by atoms with Crippen molar-refractivity contribution in [3.8, 4) is 0 Å². The predicted molar refractivity (Wildman–Crippen MR) is 55.3 cm³/mol. The Hall–Kier alpha value is -1.10. The highest BCUT2D eigenvalue weighted by atomic mass is 16.4. The van der Waals surface area contributed by atoms with E-state index in [4.69, 9.17) is 10.8 Å². The standard InChI is InChI=1S/C10H18N2O3/c1-10(2,11)5-8(13)12(6-9(14)15)7-3-4-7/h7H,3-6,11H2,1-2H3,(H,14,15). The van der Waals surface area contributed by atoms with Crippen molar-refractivity contribution in [3.05, 3.63) is 0 Å². The summed E-state index contributed by atoms with van der Waals surface area (Å²) in [5.41, 5.74) is 5.15. The number of nitrogens with two attached hydrogens (primary N) is 1. The fourth-order valence-electron chi connectivity index (χ4n) is 1.44. The average Bonchev–Trinajstić information content (AvgIpc) is 2.78. The van der Waals surface area contributed by atoms with Crippen molar-refractivity contribution in [1.29, 1.82) is 0 Å². The Labute approximate surface area is 89.2 Å². The van der Waals surface area contributed by atoms with E-state index < -0.39 is 11.5 Å². The first-order chi connectivity index (χ1) is 6.79. The van der Waals surface area contributed by atoms with Crippen LogP contribution in [0.25, 0.3) is 0 Å². The lowest BCUT2D eigenvalue weighted by Crippen LogP contribution is -2.44. The lowest BCUT2D eigenvalue weighted by molar-refractivity contribution is -0.145. The summed E-state index contributed by atoms with van der Waals surface area (Å²) in [6.45, 7) is 3.31. The summed E-state index contributed by atoms with van der Waals surface area (Å²) in [6, 6.07) is 0.121. The number of nitrogens with zero attached hydrogens (tertiary/aromatic N) is 1. The summed E-state index contributed by atoms with van der Waals surface area (Å²) in [7, 11) is 0. The van der Waals surface area contributed by atoms with Gasteiger partial charge in [0.25, 0.3) is 0 Å². The molecule has 0 saturated heterocycles. The van der Waals surface area contributed by atoms with Gasteiger partial charge in [-0.3, -0.25) is 9.59 Å². The molecule has 1 rings (SSSR count). The van der Waals surface area contributed by atoms with Crippen molar-refractivity contribution in [2.75, 3.05) is 6.54 Å². The van der Waals surface area contributed by atoms with Gasteiger partial charge in [-0.25, -0.2) is 0 Å². The first-order valence-corrected chi connectivity index (χ1v) is 5.10. The SMILES string of the molecule is CC(C)(N)CC(=O)N(CC(=O)O)C1CC1. The van der Waals surface area contributed by atoms with E-state index in [1.54, 1.807) is 13.8 Å². The Kier molecular flexibility index (Phi) is 3.34. The van der Waals surface area contributed by atoms with E-state index in [1.807, 2.05) is 0 Å². The molecule has 0 bridgehead atoms. The van der Waals surface area contributed by atoms with E-state index >= 15 is 0 Å². The van der Waals surface area contributed by atoms with Crippen molar-refractivity contribution < 1.29 is 14.7 Å². The third kappa shape index (κ3) is 4.29. The molecule has 0 radical (unpaired) electrons. The van der Waals surface area contributed by atoms with Crippen LogP contribution in [0.4, 0.5) is 0 Å². The Morgan fingerprint density at radius 3 is 2.33 bits per heavy atom. The highest BCUT2D eigenvalue weighted by Crippen LogP contribution is 2.27. The minimum Gasteiger partial charge on any atom is -0.480 e. The van der Waals surface area contributed by atoms with Crippen LogP contribution in [-0.4, -0.2) is 40.0 Å². The fourth-order valence-corrected chi connectivity index (χ4v) is 1.44. The van der Waals surface area contributed by atoms with Gasteiger partial charge in [0.1, 0.15) is 6.54 Å². The molecule has 1 saturated carbocycles. The maximum absolute atomic E-state index is 11.8. The zero-order valence-electron chi connectivity index (χ0n) is 9.19. The molecule has 15 heavy (non-hydrogen) atoms. The van der Waals surface area contributed by atoms with Crippen LogP contribution < -0.4 is 5.73 Å². The molecule has 0 unspecified atom stereocenters. The molecule has 0 heterocycles. The molecule has 5 heteroatoms. The van der Waals surface area contributed by atoms with Crippen molar-refractivity contribution in [2.24, 2.45) is 5.73 Å². The maximum atomic E-state index is 11.8. The van der Waals surface area contributed by atoms with E-state index in [0.717, 1.165) is 12.8 Å². The first-order valence-electron chi connectivity index (χ1n) is 5.10. The summed E-state index contributed by atoms with van der Waals surface area (Å²) in [6.07, 6.45) is 2.00. The minimum atomic E-state index is -0.968. The number of hydrogen-bond acceptors (Lipinski definition) is 3. The van der Waals surface area contributed by atoms with Crippen LogP contribution in [0.15, 0.2) is 0 Å². The number of carboxylic acids is 1. The summed E-state index contributed by atoms with van der Waals surface area (Å²) < 4.78 is 0.